The lowest BCUT2D eigenvalue weighted by Gasteiger charge is -2.46. The lowest BCUT2D eigenvalue weighted by molar-refractivity contribution is -0.659. The molecule has 0 aliphatic rings. The van der Waals surface area contributed by atoms with Crippen molar-refractivity contribution in [3.05, 3.63) is 230 Å². The van der Waals surface area contributed by atoms with Crippen LogP contribution >= 0.6 is 0 Å². The highest BCUT2D eigenvalue weighted by atomic mass is 19.4. The second-order valence-corrected chi connectivity index (χ2v) is 19.0. The number of pyridine rings is 1. The van der Waals surface area contributed by atoms with Crippen molar-refractivity contribution in [3.8, 4) is 5.75 Å². The van der Waals surface area contributed by atoms with E-state index in [2.05, 4.69) is 0 Å². The quantitative estimate of drug-likeness (QED) is 0.0199. The fourth-order valence-corrected chi connectivity index (χ4v) is 9.36. The number of halogens is 24. The molecule has 0 saturated carbocycles. The molecule has 32 heteroatoms. The average Bonchev–Trinajstić information content (AvgIpc) is 0.733. The van der Waals surface area contributed by atoms with Crippen molar-refractivity contribution in [2.75, 3.05) is 0 Å². The summed E-state index contributed by atoms with van der Waals surface area (Å²) in [7, 11) is 0. The minimum atomic E-state index is -6.13. The largest absolute Gasteiger partial charge is 0.418 e. The van der Waals surface area contributed by atoms with Crippen molar-refractivity contribution >= 4 is 56.3 Å². The van der Waals surface area contributed by atoms with Gasteiger partial charge in [0.2, 0.25) is 17.8 Å². The molecule has 0 spiro atoms. The Morgan fingerprint density at radius 1 is 0.398 bits per heavy atom. The lowest BCUT2D eigenvalue weighted by atomic mass is 9.12. The molecular weight excluding hydrogens is 1250 g/mol. The number of para-hydroxylation sites is 1. The molecule has 7 nitrogen and oxygen atoms in total. The van der Waals surface area contributed by atoms with E-state index in [0.29, 0.717) is 11.1 Å². The van der Waals surface area contributed by atoms with Crippen LogP contribution in [0.1, 0.15) is 65.4 Å². The van der Waals surface area contributed by atoms with Gasteiger partial charge in [-0.05, 0) is 42.5 Å². The summed E-state index contributed by atoms with van der Waals surface area (Å²) < 4.78 is 348. The van der Waals surface area contributed by atoms with Crippen molar-refractivity contribution in [1.82, 2.24) is 0 Å². The molecule has 0 saturated heterocycles. The van der Waals surface area contributed by atoms with Gasteiger partial charge in [-0.1, -0.05) is 97.1 Å². The first-order chi connectivity index (χ1) is 40.3. The number of ether oxygens (including phenoxy) is 1. The SMILES string of the molecule is FC(F)(F)c1cc([B-](c2cc(C(F)(F)F)cc(C(F)(F)F)c2)(c2cc(C(F)(F)F)cc(C(F)(F)F)c2)c2cc(C(F)(F)F)cc(C(F)(F)F)c2)cc(C(F)(F)F)c1.O=C(C[n+]1c(C(=O)Oc2cccc([N+](=O)[O-])c2)ccc2ccccc21)c1ccccc1. The predicted molar refractivity (Wildman–Crippen MR) is 263 cm³/mol. The van der Waals surface area contributed by atoms with E-state index in [0.717, 1.165) is 5.39 Å². The van der Waals surface area contributed by atoms with Gasteiger partial charge in [-0.15, -0.1) is 0 Å². The molecule has 0 aliphatic heterocycles. The summed E-state index contributed by atoms with van der Waals surface area (Å²) in [6, 6.07) is 16.1. The number of nitro groups is 1. The number of carbonyl (C=O) groups is 2. The van der Waals surface area contributed by atoms with Crippen molar-refractivity contribution in [2.24, 2.45) is 0 Å². The molecule has 1 aromatic heterocycles. The summed E-state index contributed by atoms with van der Waals surface area (Å²) in [5, 5.41) is 11.8. The zero-order valence-corrected chi connectivity index (χ0v) is 42.9. The van der Waals surface area contributed by atoms with E-state index in [9.17, 15) is 125 Å². The average molecular weight is 1280 g/mol. The third-order valence-corrected chi connectivity index (χ3v) is 13.2. The van der Waals surface area contributed by atoms with E-state index >= 15 is 0 Å². The molecule has 0 unspecified atom stereocenters. The van der Waals surface area contributed by atoms with Crippen molar-refractivity contribution in [2.45, 2.75) is 56.0 Å². The molecule has 0 atom stereocenters. The number of hydrogen-bond acceptors (Lipinski definition) is 5. The number of aromatic nitrogens is 1. The maximum atomic E-state index is 14.2. The summed E-state index contributed by atoms with van der Waals surface area (Å²) in [5.74, 6) is -0.827. The number of hydrogen-bond donors (Lipinski definition) is 0. The van der Waals surface area contributed by atoms with Gasteiger partial charge in [-0.25, -0.2) is 4.79 Å². The monoisotopic (exact) mass is 1280 g/mol. The Morgan fingerprint density at radius 3 is 1.06 bits per heavy atom. The highest BCUT2D eigenvalue weighted by molar-refractivity contribution is 7.20. The first-order valence-corrected chi connectivity index (χ1v) is 24.1. The molecule has 0 N–H and O–H groups in total. The number of fused-ring (bicyclic) bond motifs is 1. The van der Waals surface area contributed by atoms with Gasteiger partial charge in [0.15, 0.2) is 0 Å². The highest BCUT2D eigenvalue weighted by Crippen LogP contribution is 2.42. The number of carbonyl (C=O) groups excluding carboxylic acids is 2. The maximum absolute atomic E-state index is 14.2. The molecule has 0 bridgehead atoms. The van der Waals surface area contributed by atoms with Crippen LogP contribution < -0.4 is 31.2 Å². The third-order valence-electron chi connectivity index (χ3n) is 13.2. The number of benzene rings is 7. The second kappa shape index (κ2) is 23.5. The molecular formula is C56H29BF24N2O5. The maximum Gasteiger partial charge on any atom is 0.416 e. The number of esters is 1. The predicted octanol–water partition coefficient (Wildman–Crippen LogP) is 15.4. The molecule has 0 aliphatic carbocycles. The van der Waals surface area contributed by atoms with Crippen molar-refractivity contribution in [1.29, 1.82) is 0 Å². The van der Waals surface area contributed by atoms with Gasteiger partial charge < -0.3 is 4.74 Å². The van der Waals surface area contributed by atoms with E-state index in [1.165, 1.54) is 24.3 Å². The molecule has 88 heavy (non-hydrogen) atoms. The first kappa shape index (κ1) is 66.4. The van der Waals surface area contributed by atoms with Crippen molar-refractivity contribution < 1.29 is 129 Å². The molecule has 0 amide bonds. The van der Waals surface area contributed by atoms with Gasteiger partial charge in [0.1, 0.15) is 11.9 Å². The summed E-state index contributed by atoms with van der Waals surface area (Å²) >= 11 is 0. The summed E-state index contributed by atoms with van der Waals surface area (Å²) in [6.45, 7) is -0.0647. The van der Waals surface area contributed by atoms with Crippen LogP contribution in [0.25, 0.3) is 10.9 Å². The number of nitro benzene ring substituents is 1. The van der Waals surface area contributed by atoms with Crippen LogP contribution in [-0.2, 0) is 56.0 Å². The van der Waals surface area contributed by atoms with Crippen LogP contribution in [0.3, 0.4) is 0 Å². The van der Waals surface area contributed by atoms with Crippen LogP contribution in [0.4, 0.5) is 111 Å². The molecule has 0 fully saturated rings. The zero-order valence-electron chi connectivity index (χ0n) is 42.9. The molecule has 1 heterocycles. The fourth-order valence-electron chi connectivity index (χ4n) is 9.36. The first-order valence-electron chi connectivity index (χ1n) is 24.1. The molecule has 8 aromatic rings. The Labute approximate surface area is 476 Å². The van der Waals surface area contributed by atoms with Gasteiger partial charge >= 0.3 is 55.4 Å². The summed E-state index contributed by atoms with van der Waals surface area (Å²) in [4.78, 5) is 36.2. The number of ketones is 1. The Morgan fingerprint density at radius 2 is 0.727 bits per heavy atom. The van der Waals surface area contributed by atoms with Crippen LogP contribution in [0, 0.1) is 10.1 Å². The summed E-state index contributed by atoms with van der Waals surface area (Å²) in [6.07, 6.45) is -54.8. The Bertz CT molecular complexity index is 3520. The number of alkyl halides is 24. The number of non-ortho nitro benzene ring substituents is 1. The minimum Gasteiger partial charge on any atom is -0.418 e. The van der Waals surface area contributed by atoms with E-state index < -0.39 is 206 Å². The third kappa shape index (κ3) is 14.8. The second-order valence-electron chi connectivity index (χ2n) is 19.0. The standard InChI is InChI=1S/C32H12BF24.C24H17N2O5/c34-25(35,36)13-1-14(26(37,38)39)6-21(5-13)33(22-7-15(27(40,41)42)2-16(8-22)28(43,44)45,23-9-17(29(46,47)48)3-18(10-23)30(49,50)51)24-11-19(31(52,53)54)4-20(12-24)32(55,56)57;27-23(18-8-2-1-3-9-18)16-25-21-12-5-4-7-17(21)13-14-22(25)24(28)31-20-11-6-10-19(15-20)26(29)30/h1-12H;1-15H,16H2/q-1;+1. The normalized spacial score (nSPS) is 13.0. The van der Waals surface area contributed by atoms with E-state index in [-0.39, 0.29) is 29.5 Å². The van der Waals surface area contributed by atoms with Gasteiger partial charge in [0.25, 0.3) is 11.4 Å². The number of rotatable bonds is 10. The van der Waals surface area contributed by atoms with Gasteiger partial charge in [0.05, 0.1) is 55.5 Å². The fraction of sp³-hybridized carbons (Fsp3) is 0.161. The Balaban J connectivity index is 0.000000298. The van der Waals surface area contributed by atoms with Crippen LogP contribution in [0.2, 0.25) is 0 Å². The van der Waals surface area contributed by atoms with Gasteiger partial charge in [-0.3, -0.25) is 14.9 Å². The number of nitrogens with zero attached hydrogens (tertiary/aromatic N) is 2. The van der Waals surface area contributed by atoms with Gasteiger partial charge in [0, 0.05) is 29.1 Å². The van der Waals surface area contributed by atoms with Gasteiger partial charge in [-0.2, -0.15) is 132 Å². The Kier molecular flexibility index (Phi) is 17.7. The minimum absolute atomic E-state index is 0.0493. The lowest BCUT2D eigenvalue weighted by Crippen LogP contribution is -2.75. The summed E-state index contributed by atoms with van der Waals surface area (Å²) in [5.41, 5.74) is -29.0. The smallest absolute Gasteiger partial charge is 0.416 e. The molecule has 0 radical (unpaired) electrons. The Hall–Kier alpha value is -9.13. The number of Topliss-reactive ketones (excluding diaryl/α,β-unsaturated/α-hetero) is 1. The molecule has 7 aromatic carbocycles. The molecule has 464 valence electrons. The van der Waals surface area contributed by atoms with E-state index in [4.69, 9.17) is 4.74 Å². The van der Waals surface area contributed by atoms with Crippen molar-refractivity contribution in [3.63, 3.8) is 0 Å². The highest BCUT2D eigenvalue weighted by Gasteiger charge is 2.47. The van der Waals surface area contributed by atoms with E-state index in [1.807, 2.05) is 30.3 Å². The zero-order chi connectivity index (χ0) is 65.7. The van der Waals surface area contributed by atoms with Crippen LogP contribution in [0.15, 0.2) is 164 Å². The van der Waals surface area contributed by atoms with Crippen LogP contribution in [0.5, 0.6) is 5.75 Å². The van der Waals surface area contributed by atoms with Crippen LogP contribution in [-0.4, -0.2) is 22.8 Å². The molecule has 8 rings (SSSR count). The topological polar surface area (TPSA) is 90.4 Å². The van der Waals surface area contributed by atoms with E-state index in [1.54, 1.807) is 41.0 Å².